The summed E-state index contributed by atoms with van der Waals surface area (Å²) in [6.45, 7) is 3.39. The average molecular weight is 334 g/mol. The topological polar surface area (TPSA) is 3.24 Å². The van der Waals surface area contributed by atoms with Gasteiger partial charge in [-0.3, -0.25) is 4.90 Å². The second kappa shape index (κ2) is 7.33. The predicted octanol–water partition coefficient (Wildman–Crippen LogP) is 5.13. The van der Waals surface area contributed by atoms with Crippen LogP contribution in [0.2, 0.25) is 0 Å². The summed E-state index contributed by atoms with van der Waals surface area (Å²) in [5, 5.41) is 2.19. The molecule has 24 heavy (non-hydrogen) atoms. The lowest BCUT2D eigenvalue weighted by Gasteiger charge is -2.34. The summed E-state index contributed by atoms with van der Waals surface area (Å²) in [7, 11) is 0. The third-order valence-corrected chi connectivity index (χ3v) is 5.85. The van der Waals surface area contributed by atoms with Gasteiger partial charge in [0.1, 0.15) is 0 Å². The van der Waals surface area contributed by atoms with Gasteiger partial charge in [0.2, 0.25) is 0 Å². The molecule has 2 heterocycles. The fourth-order valence-electron chi connectivity index (χ4n) is 3.74. The van der Waals surface area contributed by atoms with Crippen LogP contribution in [0.3, 0.4) is 0 Å². The molecule has 1 aromatic heterocycles. The van der Waals surface area contributed by atoms with Gasteiger partial charge in [0.05, 0.1) is 0 Å². The highest BCUT2D eigenvalue weighted by atomic mass is 32.1. The Bertz CT molecular complexity index is 764. The maximum atomic E-state index is 2.63. The molecule has 3 aromatic rings. The zero-order valence-corrected chi connectivity index (χ0v) is 14.7. The highest BCUT2D eigenvalue weighted by molar-refractivity contribution is 7.09. The molecule has 0 spiro atoms. The Kier molecular flexibility index (Phi) is 4.77. The highest BCUT2D eigenvalue weighted by Gasteiger charge is 2.25. The number of benzene rings is 2. The Labute approximate surface area is 148 Å². The molecule has 1 aliphatic heterocycles. The molecule has 0 saturated heterocycles. The summed E-state index contributed by atoms with van der Waals surface area (Å²) in [5.41, 5.74) is 4.51. The van der Waals surface area contributed by atoms with Gasteiger partial charge in [0.15, 0.2) is 0 Å². The lowest BCUT2D eigenvalue weighted by atomic mass is 9.87. The van der Waals surface area contributed by atoms with Crippen LogP contribution in [-0.2, 0) is 19.4 Å². The largest absolute Gasteiger partial charge is 0.298 e. The lowest BCUT2D eigenvalue weighted by Crippen LogP contribution is -2.35. The minimum atomic E-state index is 0.615. The minimum absolute atomic E-state index is 0.615. The zero-order valence-electron chi connectivity index (χ0n) is 13.9. The van der Waals surface area contributed by atoms with Crippen molar-refractivity contribution in [1.82, 2.24) is 4.90 Å². The molecule has 0 aliphatic carbocycles. The molecule has 0 fully saturated rings. The number of nitrogens with zero attached hydrogens (tertiary/aromatic N) is 1. The van der Waals surface area contributed by atoms with E-state index in [1.54, 1.807) is 5.56 Å². The monoisotopic (exact) mass is 333 g/mol. The lowest BCUT2D eigenvalue weighted by molar-refractivity contribution is 0.232. The number of hydrogen-bond acceptors (Lipinski definition) is 2. The summed E-state index contributed by atoms with van der Waals surface area (Å²) in [6, 6.07) is 24.3. The van der Waals surface area contributed by atoms with Gasteiger partial charge in [-0.15, -0.1) is 11.3 Å². The SMILES string of the molecule is c1ccc(CCN2Cc3ccccc3C(Cc3cccs3)C2)cc1. The fraction of sp³-hybridized carbons (Fsp3) is 0.273. The Morgan fingerprint density at radius 3 is 2.58 bits per heavy atom. The first-order valence-corrected chi connectivity index (χ1v) is 9.63. The fourth-order valence-corrected chi connectivity index (χ4v) is 4.53. The van der Waals surface area contributed by atoms with Crippen LogP contribution in [0.4, 0.5) is 0 Å². The Morgan fingerprint density at radius 2 is 1.75 bits per heavy atom. The van der Waals surface area contributed by atoms with Gasteiger partial charge in [0, 0.05) is 30.4 Å². The Hall–Kier alpha value is -1.90. The van der Waals surface area contributed by atoms with E-state index < -0.39 is 0 Å². The second-order valence-corrected chi connectivity index (χ2v) is 7.68. The van der Waals surface area contributed by atoms with E-state index in [-0.39, 0.29) is 0 Å². The van der Waals surface area contributed by atoms with E-state index in [0.29, 0.717) is 5.92 Å². The molecular weight excluding hydrogens is 310 g/mol. The van der Waals surface area contributed by atoms with Crippen LogP contribution in [0, 0.1) is 0 Å². The van der Waals surface area contributed by atoms with E-state index in [1.165, 1.54) is 22.5 Å². The first-order valence-electron chi connectivity index (χ1n) is 8.75. The van der Waals surface area contributed by atoms with Gasteiger partial charge in [0.25, 0.3) is 0 Å². The number of rotatable bonds is 5. The van der Waals surface area contributed by atoms with Gasteiger partial charge in [-0.1, -0.05) is 60.7 Å². The van der Waals surface area contributed by atoms with Gasteiger partial charge in [-0.25, -0.2) is 0 Å². The van der Waals surface area contributed by atoms with E-state index in [1.807, 2.05) is 11.3 Å². The Morgan fingerprint density at radius 1 is 0.917 bits per heavy atom. The Balaban J connectivity index is 1.49. The van der Waals surface area contributed by atoms with Crippen LogP contribution < -0.4 is 0 Å². The summed E-state index contributed by atoms with van der Waals surface area (Å²) >= 11 is 1.88. The summed E-state index contributed by atoms with van der Waals surface area (Å²) in [6.07, 6.45) is 2.30. The van der Waals surface area contributed by atoms with Crippen molar-refractivity contribution in [3.8, 4) is 0 Å². The van der Waals surface area contributed by atoms with Crippen LogP contribution >= 0.6 is 11.3 Å². The minimum Gasteiger partial charge on any atom is -0.298 e. The van der Waals surface area contributed by atoms with E-state index in [0.717, 1.165) is 25.9 Å². The van der Waals surface area contributed by atoms with E-state index >= 15 is 0 Å². The van der Waals surface area contributed by atoms with Crippen molar-refractivity contribution in [3.05, 3.63) is 93.7 Å². The van der Waals surface area contributed by atoms with Gasteiger partial charge < -0.3 is 0 Å². The molecule has 1 nitrogen and oxygen atoms in total. The van der Waals surface area contributed by atoms with Crippen molar-refractivity contribution in [2.75, 3.05) is 13.1 Å². The van der Waals surface area contributed by atoms with E-state index in [4.69, 9.17) is 0 Å². The third kappa shape index (κ3) is 3.61. The molecule has 122 valence electrons. The van der Waals surface area contributed by atoms with Crippen LogP contribution in [0.5, 0.6) is 0 Å². The van der Waals surface area contributed by atoms with Crippen molar-refractivity contribution in [2.45, 2.75) is 25.3 Å². The number of fused-ring (bicyclic) bond motifs is 1. The standard InChI is InChI=1S/C22H23NS/c1-2-7-18(8-3-1)12-13-23-16-19-9-4-5-11-22(19)20(17-23)15-21-10-6-14-24-21/h1-11,14,20H,12-13,15-17H2. The van der Waals surface area contributed by atoms with Gasteiger partial charge >= 0.3 is 0 Å². The third-order valence-electron chi connectivity index (χ3n) is 4.95. The van der Waals surface area contributed by atoms with Crippen molar-refractivity contribution < 1.29 is 0 Å². The highest BCUT2D eigenvalue weighted by Crippen LogP contribution is 2.32. The van der Waals surface area contributed by atoms with Gasteiger partial charge in [-0.05, 0) is 41.0 Å². The van der Waals surface area contributed by atoms with Crippen LogP contribution in [0.25, 0.3) is 0 Å². The summed E-state index contributed by atoms with van der Waals surface area (Å²) < 4.78 is 0. The first-order chi connectivity index (χ1) is 11.9. The molecule has 0 bridgehead atoms. The maximum absolute atomic E-state index is 2.63. The van der Waals surface area contributed by atoms with Crippen molar-refractivity contribution in [1.29, 1.82) is 0 Å². The van der Waals surface area contributed by atoms with Crippen molar-refractivity contribution >= 4 is 11.3 Å². The van der Waals surface area contributed by atoms with Crippen LogP contribution in [0.1, 0.15) is 27.5 Å². The van der Waals surface area contributed by atoms with Crippen LogP contribution in [0.15, 0.2) is 72.1 Å². The molecule has 2 heteroatoms. The molecule has 1 aliphatic rings. The first kappa shape index (κ1) is 15.6. The van der Waals surface area contributed by atoms with Gasteiger partial charge in [-0.2, -0.15) is 0 Å². The zero-order chi connectivity index (χ0) is 16.2. The number of thiophene rings is 1. The summed E-state index contributed by atoms with van der Waals surface area (Å²) in [5.74, 6) is 0.615. The van der Waals surface area contributed by atoms with Crippen LogP contribution in [-0.4, -0.2) is 18.0 Å². The second-order valence-electron chi connectivity index (χ2n) is 6.65. The van der Waals surface area contributed by atoms with Crippen molar-refractivity contribution in [3.63, 3.8) is 0 Å². The molecule has 1 unspecified atom stereocenters. The smallest absolute Gasteiger partial charge is 0.0236 e. The summed E-state index contributed by atoms with van der Waals surface area (Å²) in [4.78, 5) is 4.13. The molecule has 0 saturated carbocycles. The molecule has 2 aromatic carbocycles. The predicted molar refractivity (Wildman–Crippen MR) is 103 cm³/mol. The maximum Gasteiger partial charge on any atom is 0.0236 e. The molecular formula is C22H23NS. The van der Waals surface area contributed by atoms with Crippen molar-refractivity contribution in [2.24, 2.45) is 0 Å². The normalized spacial score (nSPS) is 17.6. The quantitative estimate of drug-likeness (QED) is 0.625. The number of hydrogen-bond donors (Lipinski definition) is 0. The molecule has 0 amide bonds. The molecule has 0 N–H and O–H groups in total. The molecule has 0 radical (unpaired) electrons. The average Bonchev–Trinajstić information content (AvgIpc) is 3.14. The van der Waals surface area contributed by atoms with E-state index in [9.17, 15) is 0 Å². The van der Waals surface area contributed by atoms with E-state index in [2.05, 4.69) is 77.0 Å². The molecule has 4 rings (SSSR count). The molecule has 1 atom stereocenters.